The van der Waals surface area contributed by atoms with Crippen molar-refractivity contribution in [2.45, 2.75) is 51.0 Å². The fraction of sp³-hybridized carbons (Fsp3) is 0.500. The van der Waals surface area contributed by atoms with Crippen LogP contribution in [-0.4, -0.2) is 34.5 Å². The number of nitrogens with one attached hydrogen (secondary N) is 1. The van der Waals surface area contributed by atoms with Crippen LogP contribution in [0.4, 0.5) is 4.79 Å². The van der Waals surface area contributed by atoms with Crippen LogP contribution in [0.3, 0.4) is 0 Å². The average molecular weight is 379 g/mol. The Hall–Kier alpha value is -1.60. The first kappa shape index (κ1) is 18.2. The summed E-state index contributed by atoms with van der Waals surface area (Å²) < 4.78 is 0. The first-order chi connectivity index (χ1) is 12.1. The van der Waals surface area contributed by atoms with Gasteiger partial charge in [0.15, 0.2) is 0 Å². The third-order valence-electron chi connectivity index (χ3n) is 4.46. The molecule has 2 heterocycles. The van der Waals surface area contributed by atoms with Gasteiger partial charge in [-0.3, -0.25) is 19.3 Å². The molecule has 5 nitrogen and oxygen atoms in total. The molecule has 0 atom stereocenters. The highest BCUT2D eigenvalue weighted by molar-refractivity contribution is 8.18. The van der Waals surface area contributed by atoms with E-state index in [-0.39, 0.29) is 29.6 Å². The van der Waals surface area contributed by atoms with Gasteiger partial charge in [-0.1, -0.05) is 38.2 Å². The summed E-state index contributed by atoms with van der Waals surface area (Å²) in [6.45, 7) is -0.192. The van der Waals surface area contributed by atoms with Gasteiger partial charge >= 0.3 is 0 Å². The molecule has 0 bridgehead atoms. The highest BCUT2D eigenvalue weighted by atomic mass is 32.2. The van der Waals surface area contributed by atoms with Crippen molar-refractivity contribution in [1.29, 1.82) is 0 Å². The second-order valence-corrected chi connectivity index (χ2v) is 8.37. The first-order valence-corrected chi connectivity index (χ1v) is 10.4. The number of carbonyl (C=O) groups is 3. The van der Waals surface area contributed by atoms with Gasteiger partial charge in [0.2, 0.25) is 5.91 Å². The Morgan fingerprint density at radius 1 is 1.20 bits per heavy atom. The second-order valence-electron chi connectivity index (χ2n) is 6.39. The van der Waals surface area contributed by atoms with Crippen molar-refractivity contribution < 1.29 is 14.4 Å². The minimum atomic E-state index is -0.379. The molecule has 25 heavy (non-hydrogen) atoms. The molecule has 0 aromatic carbocycles. The summed E-state index contributed by atoms with van der Waals surface area (Å²) in [6, 6.07) is 3.94. The van der Waals surface area contributed by atoms with E-state index < -0.39 is 0 Å². The number of amides is 3. The van der Waals surface area contributed by atoms with Gasteiger partial charge in [-0.2, -0.15) is 0 Å². The molecule has 134 valence electrons. The Balaban J connectivity index is 1.57. The summed E-state index contributed by atoms with van der Waals surface area (Å²) in [6.07, 6.45) is 9.60. The smallest absolute Gasteiger partial charge is 0.294 e. The minimum Gasteiger partial charge on any atom is -0.352 e. The SMILES string of the molecule is O=C(CN1C(=O)S/C(=C\c2cccs2)C1=O)NC1CCCCCCC1. The zero-order valence-electron chi connectivity index (χ0n) is 14.0. The van der Waals surface area contributed by atoms with E-state index in [0.29, 0.717) is 4.91 Å². The van der Waals surface area contributed by atoms with Crippen LogP contribution in [0.5, 0.6) is 0 Å². The lowest BCUT2D eigenvalue weighted by Gasteiger charge is -2.22. The van der Waals surface area contributed by atoms with Crippen LogP contribution in [0.15, 0.2) is 22.4 Å². The molecular formula is C18H22N2O3S2. The predicted octanol–water partition coefficient (Wildman–Crippen LogP) is 4.01. The summed E-state index contributed by atoms with van der Waals surface area (Å²) in [5.74, 6) is -0.624. The van der Waals surface area contributed by atoms with Gasteiger partial charge in [0.05, 0.1) is 4.91 Å². The lowest BCUT2D eigenvalue weighted by molar-refractivity contribution is -0.129. The van der Waals surface area contributed by atoms with E-state index in [1.807, 2.05) is 17.5 Å². The quantitative estimate of drug-likeness (QED) is 0.804. The van der Waals surface area contributed by atoms with Crippen molar-refractivity contribution in [2.75, 3.05) is 6.54 Å². The Morgan fingerprint density at radius 3 is 2.60 bits per heavy atom. The molecule has 1 aromatic rings. The van der Waals surface area contributed by atoms with Crippen molar-refractivity contribution >= 4 is 46.2 Å². The molecule has 1 aliphatic carbocycles. The maximum Gasteiger partial charge on any atom is 0.294 e. The Labute approximate surface area is 155 Å². The fourth-order valence-corrected chi connectivity index (χ4v) is 4.72. The molecule has 0 spiro atoms. The van der Waals surface area contributed by atoms with Crippen LogP contribution >= 0.6 is 23.1 Å². The van der Waals surface area contributed by atoms with E-state index >= 15 is 0 Å². The van der Waals surface area contributed by atoms with Gasteiger partial charge < -0.3 is 5.32 Å². The summed E-state index contributed by atoms with van der Waals surface area (Å²) in [5, 5.41) is 4.54. The number of thioether (sulfide) groups is 1. The molecule has 7 heteroatoms. The normalized spacial score (nSPS) is 21.4. The topological polar surface area (TPSA) is 66.5 Å². The van der Waals surface area contributed by atoms with E-state index in [2.05, 4.69) is 5.32 Å². The zero-order valence-corrected chi connectivity index (χ0v) is 15.7. The Bertz CT molecular complexity index is 662. The van der Waals surface area contributed by atoms with E-state index in [1.165, 1.54) is 30.6 Å². The minimum absolute atomic E-state index is 0.161. The number of hydrogen-bond donors (Lipinski definition) is 1. The van der Waals surface area contributed by atoms with Gasteiger partial charge in [-0.05, 0) is 42.1 Å². The highest BCUT2D eigenvalue weighted by Gasteiger charge is 2.36. The highest BCUT2D eigenvalue weighted by Crippen LogP contribution is 2.32. The van der Waals surface area contributed by atoms with Crippen molar-refractivity contribution in [2.24, 2.45) is 0 Å². The van der Waals surface area contributed by atoms with Gasteiger partial charge in [0.25, 0.3) is 11.1 Å². The van der Waals surface area contributed by atoms with Crippen LogP contribution in [0.25, 0.3) is 6.08 Å². The summed E-state index contributed by atoms with van der Waals surface area (Å²) in [7, 11) is 0. The van der Waals surface area contributed by atoms with E-state index in [4.69, 9.17) is 0 Å². The summed E-state index contributed by atoms with van der Waals surface area (Å²) >= 11 is 2.40. The maximum absolute atomic E-state index is 12.4. The molecule has 1 aromatic heterocycles. The monoisotopic (exact) mass is 378 g/mol. The number of nitrogens with zero attached hydrogens (tertiary/aromatic N) is 1. The average Bonchev–Trinajstić information content (AvgIpc) is 3.14. The molecule has 2 aliphatic rings. The molecular weight excluding hydrogens is 356 g/mol. The number of thiophene rings is 1. The number of rotatable bonds is 4. The van der Waals surface area contributed by atoms with E-state index in [9.17, 15) is 14.4 Å². The molecule has 3 amide bonds. The number of hydrogen-bond acceptors (Lipinski definition) is 5. The molecule has 1 N–H and O–H groups in total. The molecule has 3 rings (SSSR count). The third-order valence-corrected chi connectivity index (χ3v) is 6.19. The standard InChI is InChI=1S/C18H22N2O3S2/c21-16(19-13-7-4-2-1-3-5-8-13)12-20-17(22)15(25-18(20)23)11-14-9-6-10-24-14/h6,9-11,13H,1-5,7-8,12H2,(H,19,21)/b15-11-. The van der Waals surface area contributed by atoms with Gasteiger partial charge in [-0.15, -0.1) is 11.3 Å². The van der Waals surface area contributed by atoms with Crippen LogP contribution in [0.2, 0.25) is 0 Å². The number of imide groups is 1. The van der Waals surface area contributed by atoms with Crippen molar-refractivity contribution in [3.8, 4) is 0 Å². The Kier molecular flexibility index (Phi) is 6.31. The van der Waals surface area contributed by atoms with Gasteiger partial charge in [-0.25, -0.2) is 0 Å². The van der Waals surface area contributed by atoms with Crippen LogP contribution in [-0.2, 0) is 9.59 Å². The predicted molar refractivity (Wildman–Crippen MR) is 101 cm³/mol. The summed E-state index contributed by atoms with van der Waals surface area (Å²) in [4.78, 5) is 39.2. The fourth-order valence-electron chi connectivity index (χ4n) is 3.16. The van der Waals surface area contributed by atoms with E-state index in [1.54, 1.807) is 6.08 Å². The largest absolute Gasteiger partial charge is 0.352 e. The zero-order chi connectivity index (χ0) is 17.6. The maximum atomic E-state index is 12.4. The molecule has 0 unspecified atom stereocenters. The number of carbonyl (C=O) groups excluding carboxylic acids is 3. The van der Waals surface area contributed by atoms with Crippen molar-refractivity contribution in [1.82, 2.24) is 10.2 Å². The van der Waals surface area contributed by atoms with Crippen molar-refractivity contribution in [3.63, 3.8) is 0 Å². The Morgan fingerprint density at radius 2 is 1.92 bits per heavy atom. The molecule has 2 fully saturated rings. The lowest BCUT2D eigenvalue weighted by Crippen LogP contribution is -2.43. The third kappa shape index (κ3) is 4.95. The van der Waals surface area contributed by atoms with Crippen LogP contribution in [0.1, 0.15) is 49.8 Å². The summed E-state index contributed by atoms with van der Waals surface area (Å²) in [5.41, 5.74) is 0. The lowest BCUT2D eigenvalue weighted by atomic mass is 9.97. The molecule has 1 aliphatic heterocycles. The first-order valence-electron chi connectivity index (χ1n) is 8.72. The van der Waals surface area contributed by atoms with Gasteiger partial charge in [0, 0.05) is 10.9 Å². The molecule has 1 saturated heterocycles. The van der Waals surface area contributed by atoms with Gasteiger partial charge in [0.1, 0.15) is 6.54 Å². The molecule has 1 saturated carbocycles. The van der Waals surface area contributed by atoms with E-state index in [0.717, 1.165) is 47.2 Å². The van der Waals surface area contributed by atoms with Crippen molar-refractivity contribution in [3.05, 3.63) is 27.3 Å². The van der Waals surface area contributed by atoms with Crippen LogP contribution < -0.4 is 5.32 Å². The second kappa shape index (κ2) is 8.67. The van der Waals surface area contributed by atoms with Crippen LogP contribution in [0, 0.1) is 0 Å². The molecule has 0 radical (unpaired) electrons.